The number of halogens is 2. The van der Waals surface area contributed by atoms with Crippen molar-refractivity contribution in [2.45, 2.75) is 33.2 Å². The zero-order valence-corrected chi connectivity index (χ0v) is 13.7. The summed E-state index contributed by atoms with van der Waals surface area (Å²) in [4.78, 5) is 0. The van der Waals surface area contributed by atoms with Gasteiger partial charge in [-0.1, -0.05) is 29.8 Å². The summed E-state index contributed by atoms with van der Waals surface area (Å²) in [6, 6.07) is 6.18. The van der Waals surface area contributed by atoms with Crippen LogP contribution in [0.5, 0.6) is 0 Å². The van der Waals surface area contributed by atoms with Gasteiger partial charge in [-0.2, -0.15) is 0 Å². The molecule has 1 aromatic heterocycles. The SMILES string of the molecule is Cc1cc(Br)ccc1-c1nnc(CCl)n1CC(C)C. The molecule has 0 aliphatic heterocycles. The van der Waals surface area contributed by atoms with Crippen molar-refractivity contribution in [3.63, 3.8) is 0 Å². The van der Waals surface area contributed by atoms with Crippen molar-refractivity contribution in [1.29, 1.82) is 0 Å². The average Bonchev–Trinajstić information content (AvgIpc) is 2.71. The highest BCUT2D eigenvalue weighted by atomic mass is 79.9. The van der Waals surface area contributed by atoms with Crippen molar-refractivity contribution in [3.05, 3.63) is 34.1 Å². The molecule has 0 saturated heterocycles. The molecule has 0 N–H and O–H groups in total. The molecule has 19 heavy (non-hydrogen) atoms. The molecule has 0 amide bonds. The Morgan fingerprint density at radius 1 is 1.32 bits per heavy atom. The van der Waals surface area contributed by atoms with E-state index in [0.29, 0.717) is 11.8 Å². The number of hydrogen-bond donors (Lipinski definition) is 0. The zero-order valence-electron chi connectivity index (χ0n) is 11.3. The van der Waals surface area contributed by atoms with Crippen LogP contribution >= 0.6 is 27.5 Å². The number of rotatable bonds is 4. The summed E-state index contributed by atoms with van der Waals surface area (Å²) in [6.45, 7) is 7.31. The zero-order chi connectivity index (χ0) is 14.0. The predicted molar refractivity (Wildman–Crippen MR) is 82.3 cm³/mol. The fraction of sp³-hybridized carbons (Fsp3) is 0.429. The molecule has 1 heterocycles. The first-order chi connectivity index (χ1) is 9.02. The van der Waals surface area contributed by atoms with Crippen molar-refractivity contribution in [1.82, 2.24) is 14.8 Å². The minimum atomic E-state index is 0.384. The highest BCUT2D eigenvalue weighted by Gasteiger charge is 2.15. The number of aryl methyl sites for hydroxylation is 1. The smallest absolute Gasteiger partial charge is 0.164 e. The quantitative estimate of drug-likeness (QED) is 0.771. The van der Waals surface area contributed by atoms with Crippen molar-refractivity contribution >= 4 is 27.5 Å². The number of hydrogen-bond acceptors (Lipinski definition) is 2. The fourth-order valence-electron chi connectivity index (χ4n) is 2.07. The number of nitrogens with zero attached hydrogens (tertiary/aromatic N) is 3. The second-order valence-corrected chi connectivity index (χ2v) is 6.22. The van der Waals surface area contributed by atoms with E-state index in [9.17, 15) is 0 Å². The van der Waals surface area contributed by atoms with Gasteiger partial charge in [0.15, 0.2) is 5.82 Å². The molecule has 0 unspecified atom stereocenters. The lowest BCUT2D eigenvalue weighted by molar-refractivity contribution is 0.515. The van der Waals surface area contributed by atoms with Crippen molar-refractivity contribution in [2.24, 2.45) is 5.92 Å². The van der Waals surface area contributed by atoms with Crippen LogP contribution in [-0.2, 0) is 12.4 Å². The lowest BCUT2D eigenvalue weighted by Crippen LogP contribution is -2.09. The number of benzene rings is 1. The van der Waals surface area contributed by atoms with Gasteiger partial charge in [0, 0.05) is 16.6 Å². The molecule has 5 heteroatoms. The third-order valence-electron chi connectivity index (χ3n) is 2.92. The summed E-state index contributed by atoms with van der Waals surface area (Å²) in [6.07, 6.45) is 0. The van der Waals surface area contributed by atoms with E-state index in [4.69, 9.17) is 11.6 Å². The van der Waals surface area contributed by atoms with E-state index in [-0.39, 0.29) is 0 Å². The van der Waals surface area contributed by atoms with Gasteiger partial charge in [0.25, 0.3) is 0 Å². The highest BCUT2D eigenvalue weighted by molar-refractivity contribution is 9.10. The van der Waals surface area contributed by atoms with E-state index in [1.807, 2.05) is 6.07 Å². The Hall–Kier alpha value is -0.870. The van der Waals surface area contributed by atoms with Crippen LogP contribution < -0.4 is 0 Å². The van der Waals surface area contributed by atoms with Gasteiger partial charge in [0.1, 0.15) is 5.82 Å². The van der Waals surface area contributed by atoms with Crippen LogP contribution in [0.1, 0.15) is 25.2 Å². The third-order valence-corrected chi connectivity index (χ3v) is 3.66. The van der Waals surface area contributed by atoms with Crippen LogP contribution in [0.25, 0.3) is 11.4 Å². The molecule has 0 bridgehead atoms. The summed E-state index contributed by atoms with van der Waals surface area (Å²) in [5, 5.41) is 8.51. The Bertz CT molecular complexity index is 578. The molecule has 102 valence electrons. The van der Waals surface area contributed by atoms with Gasteiger partial charge < -0.3 is 4.57 Å². The lowest BCUT2D eigenvalue weighted by Gasteiger charge is -2.13. The molecule has 0 aliphatic rings. The van der Waals surface area contributed by atoms with Crippen molar-refractivity contribution < 1.29 is 0 Å². The second kappa shape index (κ2) is 6.06. The van der Waals surface area contributed by atoms with Gasteiger partial charge in [0.05, 0.1) is 5.88 Å². The summed E-state index contributed by atoms with van der Waals surface area (Å²) in [5.41, 5.74) is 2.28. The molecule has 1 aromatic carbocycles. The fourth-order valence-corrected chi connectivity index (χ4v) is 2.74. The Morgan fingerprint density at radius 2 is 2.05 bits per heavy atom. The molecule has 2 aromatic rings. The normalized spacial score (nSPS) is 11.3. The summed E-state index contributed by atoms with van der Waals surface area (Å²) in [5.74, 6) is 2.63. The predicted octanol–water partition coefficient (Wildman–Crippen LogP) is 4.41. The van der Waals surface area contributed by atoms with Crippen LogP contribution in [0.4, 0.5) is 0 Å². The van der Waals surface area contributed by atoms with Gasteiger partial charge in [-0.15, -0.1) is 21.8 Å². The van der Waals surface area contributed by atoms with E-state index in [2.05, 4.69) is 63.6 Å². The van der Waals surface area contributed by atoms with Gasteiger partial charge >= 0.3 is 0 Å². The first-order valence-electron chi connectivity index (χ1n) is 6.27. The van der Waals surface area contributed by atoms with Crippen molar-refractivity contribution in [2.75, 3.05) is 0 Å². The molecule has 2 rings (SSSR count). The van der Waals surface area contributed by atoms with E-state index in [0.717, 1.165) is 28.2 Å². The summed E-state index contributed by atoms with van der Waals surface area (Å²) in [7, 11) is 0. The summed E-state index contributed by atoms with van der Waals surface area (Å²) >= 11 is 9.43. The monoisotopic (exact) mass is 341 g/mol. The van der Waals surface area contributed by atoms with E-state index < -0.39 is 0 Å². The number of alkyl halides is 1. The Morgan fingerprint density at radius 3 is 2.63 bits per heavy atom. The van der Waals surface area contributed by atoms with Crippen LogP contribution in [0.15, 0.2) is 22.7 Å². The Balaban J connectivity index is 2.52. The van der Waals surface area contributed by atoms with Gasteiger partial charge in [-0.3, -0.25) is 0 Å². The maximum atomic E-state index is 5.95. The molecule has 0 atom stereocenters. The largest absolute Gasteiger partial charge is 0.310 e. The van der Waals surface area contributed by atoms with Gasteiger partial charge in [0.2, 0.25) is 0 Å². The maximum absolute atomic E-state index is 5.95. The average molecular weight is 343 g/mol. The molecule has 0 radical (unpaired) electrons. The first-order valence-corrected chi connectivity index (χ1v) is 7.60. The minimum absolute atomic E-state index is 0.384. The standard InChI is InChI=1S/C14H17BrClN3/c1-9(2)8-19-13(7-16)17-18-14(19)12-5-4-11(15)6-10(12)3/h4-6,9H,7-8H2,1-3H3. The number of aromatic nitrogens is 3. The van der Waals surface area contributed by atoms with Crippen molar-refractivity contribution in [3.8, 4) is 11.4 Å². The molecular weight excluding hydrogens is 326 g/mol. The Kier molecular flexibility index (Phi) is 4.63. The highest BCUT2D eigenvalue weighted by Crippen LogP contribution is 2.26. The first kappa shape index (κ1) is 14.5. The van der Waals surface area contributed by atoms with Crippen LogP contribution in [-0.4, -0.2) is 14.8 Å². The molecular formula is C14H17BrClN3. The van der Waals surface area contributed by atoms with Gasteiger partial charge in [-0.05, 0) is 36.6 Å². The molecule has 0 spiro atoms. The Labute approximate surface area is 127 Å². The third kappa shape index (κ3) is 3.18. The van der Waals surface area contributed by atoms with Crippen LogP contribution in [0, 0.1) is 12.8 Å². The molecule has 3 nitrogen and oxygen atoms in total. The molecule has 0 saturated carbocycles. The van der Waals surface area contributed by atoms with E-state index in [1.165, 1.54) is 5.56 Å². The van der Waals surface area contributed by atoms with E-state index in [1.54, 1.807) is 0 Å². The van der Waals surface area contributed by atoms with Crippen LogP contribution in [0.3, 0.4) is 0 Å². The van der Waals surface area contributed by atoms with Gasteiger partial charge in [-0.25, -0.2) is 0 Å². The van der Waals surface area contributed by atoms with Crippen LogP contribution in [0.2, 0.25) is 0 Å². The van der Waals surface area contributed by atoms with E-state index >= 15 is 0 Å². The minimum Gasteiger partial charge on any atom is -0.310 e. The lowest BCUT2D eigenvalue weighted by atomic mass is 10.1. The molecule has 0 fully saturated rings. The maximum Gasteiger partial charge on any atom is 0.164 e. The summed E-state index contributed by atoms with van der Waals surface area (Å²) < 4.78 is 3.19. The topological polar surface area (TPSA) is 30.7 Å². The second-order valence-electron chi connectivity index (χ2n) is 5.04. The molecule has 0 aliphatic carbocycles.